The van der Waals surface area contributed by atoms with Crippen LogP contribution in [0.5, 0.6) is 0 Å². The predicted octanol–water partition coefficient (Wildman–Crippen LogP) is 5.99. The van der Waals surface area contributed by atoms with Gasteiger partial charge in [-0.3, -0.25) is 9.36 Å². The maximum atomic E-state index is 16.5. The minimum absolute atomic E-state index is 0.0861. The molecule has 5 nitrogen and oxygen atoms in total. The van der Waals surface area contributed by atoms with Gasteiger partial charge in [0.2, 0.25) is 0 Å². The number of alkyl halides is 5. The van der Waals surface area contributed by atoms with Gasteiger partial charge in [-0.1, -0.05) is 54.6 Å². The van der Waals surface area contributed by atoms with Crippen molar-refractivity contribution in [3.8, 4) is 11.1 Å². The standard InChI is InChI=1S/C28H21F5N2O3/c1-34-15-22(26(37)38-2)35-23(36)14-21(24(25(34)35)17-9-5-10-18(13-17)28(31,32)33)27(29,30)20-12-6-8-16-7-3-4-11-19(16)20/h3-14,22H,15H2,1-2H3. The molecule has 0 amide bonds. The van der Waals surface area contributed by atoms with Crippen LogP contribution in [0.2, 0.25) is 0 Å². The normalized spacial score (nSPS) is 15.6. The molecule has 1 aliphatic rings. The Labute approximate surface area is 213 Å². The monoisotopic (exact) mass is 528 g/mol. The van der Waals surface area contributed by atoms with Gasteiger partial charge in [0.25, 0.3) is 11.5 Å². The smallest absolute Gasteiger partial charge is 0.416 e. The van der Waals surface area contributed by atoms with Gasteiger partial charge in [0, 0.05) is 29.8 Å². The topological polar surface area (TPSA) is 51.5 Å². The van der Waals surface area contributed by atoms with Gasteiger partial charge < -0.3 is 9.64 Å². The molecule has 1 aliphatic heterocycles. The summed E-state index contributed by atoms with van der Waals surface area (Å²) in [7, 11) is 2.60. The van der Waals surface area contributed by atoms with Gasteiger partial charge in [0.1, 0.15) is 5.82 Å². The van der Waals surface area contributed by atoms with E-state index in [1.807, 2.05) is 0 Å². The molecule has 0 saturated carbocycles. The van der Waals surface area contributed by atoms with E-state index in [1.165, 1.54) is 36.2 Å². The van der Waals surface area contributed by atoms with Crippen LogP contribution in [0.1, 0.15) is 22.7 Å². The maximum absolute atomic E-state index is 16.5. The van der Waals surface area contributed by atoms with Crippen LogP contribution in [0.4, 0.5) is 27.8 Å². The summed E-state index contributed by atoms with van der Waals surface area (Å²) in [6.45, 7) is -0.0861. The predicted molar refractivity (Wildman–Crippen MR) is 132 cm³/mol. The number of fused-ring (bicyclic) bond motifs is 2. The van der Waals surface area contributed by atoms with Crippen LogP contribution in [0.25, 0.3) is 21.9 Å². The second-order valence-electron chi connectivity index (χ2n) is 9.06. The Bertz CT molecular complexity index is 1620. The number of rotatable bonds is 4. The highest BCUT2D eigenvalue weighted by molar-refractivity contribution is 5.89. The van der Waals surface area contributed by atoms with Gasteiger partial charge in [-0.15, -0.1) is 0 Å². The minimum Gasteiger partial charge on any atom is -0.467 e. The number of ether oxygens (including phenoxy) is 1. The van der Waals surface area contributed by atoms with Crippen LogP contribution in [-0.4, -0.2) is 31.2 Å². The van der Waals surface area contributed by atoms with E-state index < -0.39 is 46.4 Å². The summed E-state index contributed by atoms with van der Waals surface area (Å²) in [6, 6.07) is 14.4. The molecule has 38 heavy (non-hydrogen) atoms. The number of esters is 1. The van der Waals surface area contributed by atoms with Crippen LogP contribution >= 0.6 is 0 Å². The van der Waals surface area contributed by atoms with Crippen molar-refractivity contribution < 1.29 is 31.5 Å². The fraction of sp³-hybridized carbons (Fsp3) is 0.214. The second kappa shape index (κ2) is 8.97. The SMILES string of the molecule is COC(=O)C1CN(C)c2c(-c3cccc(C(F)(F)F)c3)c(C(F)(F)c3cccc4ccccc34)cc(=O)n21. The summed E-state index contributed by atoms with van der Waals surface area (Å²) in [6.07, 6.45) is -4.73. The number of methoxy groups -OCH3 is 1. The number of hydrogen-bond acceptors (Lipinski definition) is 4. The number of halogens is 5. The van der Waals surface area contributed by atoms with Crippen molar-refractivity contribution in [1.29, 1.82) is 0 Å². The number of carbonyl (C=O) groups is 1. The third kappa shape index (κ3) is 4.00. The molecule has 5 rings (SSSR count). The van der Waals surface area contributed by atoms with Crippen molar-refractivity contribution in [2.75, 3.05) is 25.6 Å². The molecule has 3 aromatic carbocycles. The average molecular weight is 528 g/mol. The Morgan fingerprint density at radius 2 is 1.61 bits per heavy atom. The van der Waals surface area contributed by atoms with Gasteiger partial charge in [0.15, 0.2) is 6.04 Å². The number of pyridine rings is 1. The molecule has 2 heterocycles. The summed E-state index contributed by atoms with van der Waals surface area (Å²) < 4.78 is 79.7. The van der Waals surface area contributed by atoms with Gasteiger partial charge in [0.05, 0.1) is 19.2 Å². The van der Waals surface area contributed by atoms with E-state index in [0.717, 1.165) is 29.9 Å². The zero-order valence-electron chi connectivity index (χ0n) is 20.2. The zero-order valence-corrected chi connectivity index (χ0v) is 20.2. The van der Waals surface area contributed by atoms with Crippen molar-refractivity contribution in [2.45, 2.75) is 18.1 Å². The summed E-state index contributed by atoms with van der Waals surface area (Å²) >= 11 is 0. The maximum Gasteiger partial charge on any atom is 0.416 e. The van der Waals surface area contributed by atoms with E-state index in [1.54, 1.807) is 24.3 Å². The first-order valence-electron chi connectivity index (χ1n) is 11.6. The van der Waals surface area contributed by atoms with Gasteiger partial charge >= 0.3 is 12.1 Å². The summed E-state index contributed by atoms with van der Waals surface area (Å²) in [5.74, 6) is -4.66. The lowest BCUT2D eigenvalue weighted by Crippen LogP contribution is -2.30. The van der Waals surface area contributed by atoms with E-state index in [-0.39, 0.29) is 28.9 Å². The number of hydrogen-bond donors (Lipinski definition) is 0. The molecule has 0 fully saturated rings. The Kier molecular flexibility index (Phi) is 6.00. The lowest BCUT2D eigenvalue weighted by Gasteiger charge is -2.26. The van der Waals surface area contributed by atoms with E-state index >= 15 is 8.78 Å². The van der Waals surface area contributed by atoms with Crippen molar-refractivity contribution in [3.63, 3.8) is 0 Å². The molecule has 1 atom stereocenters. The summed E-state index contributed by atoms with van der Waals surface area (Å²) in [5, 5.41) is 0.766. The molecule has 0 spiro atoms. The highest BCUT2D eigenvalue weighted by Crippen LogP contribution is 2.48. The molecule has 0 bridgehead atoms. The number of benzene rings is 3. The fourth-order valence-corrected chi connectivity index (χ4v) is 5.06. The molecule has 10 heteroatoms. The van der Waals surface area contributed by atoms with E-state index in [9.17, 15) is 22.8 Å². The van der Waals surface area contributed by atoms with Crippen molar-refractivity contribution in [1.82, 2.24) is 4.57 Å². The molecule has 0 N–H and O–H groups in total. The van der Waals surface area contributed by atoms with Crippen molar-refractivity contribution in [2.24, 2.45) is 0 Å². The first-order valence-corrected chi connectivity index (χ1v) is 11.6. The summed E-state index contributed by atoms with van der Waals surface area (Å²) in [4.78, 5) is 27.1. The zero-order chi connectivity index (χ0) is 27.4. The Hall–Kier alpha value is -4.21. The lowest BCUT2D eigenvalue weighted by molar-refractivity contribution is -0.144. The van der Waals surface area contributed by atoms with E-state index in [2.05, 4.69) is 0 Å². The van der Waals surface area contributed by atoms with Crippen LogP contribution in [0.15, 0.2) is 77.6 Å². The Morgan fingerprint density at radius 1 is 0.921 bits per heavy atom. The molecule has 1 aromatic heterocycles. The highest BCUT2D eigenvalue weighted by Gasteiger charge is 2.44. The van der Waals surface area contributed by atoms with Gasteiger partial charge in [-0.25, -0.2) is 4.79 Å². The van der Waals surface area contributed by atoms with Crippen molar-refractivity contribution in [3.05, 3.63) is 99.8 Å². The van der Waals surface area contributed by atoms with Gasteiger partial charge in [-0.05, 0) is 28.5 Å². The molecule has 1 unspecified atom stereocenters. The molecule has 4 aromatic rings. The first-order chi connectivity index (χ1) is 17.9. The number of aromatic nitrogens is 1. The average Bonchev–Trinajstić information content (AvgIpc) is 3.25. The second-order valence-corrected chi connectivity index (χ2v) is 9.06. The van der Waals surface area contributed by atoms with E-state index in [4.69, 9.17) is 4.74 Å². The summed E-state index contributed by atoms with van der Waals surface area (Å²) in [5.41, 5.74) is -3.55. The highest BCUT2D eigenvalue weighted by atomic mass is 19.4. The third-order valence-corrected chi connectivity index (χ3v) is 6.76. The molecule has 196 valence electrons. The fourth-order valence-electron chi connectivity index (χ4n) is 5.06. The first kappa shape index (κ1) is 25.4. The molecular formula is C28H21F5N2O3. The molecular weight excluding hydrogens is 507 g/mol. The number of nitrogens with zero attached hydrogens (tertiary/aromatic N) is 2. The van der Waals surface area contributed by atoms with Crippen LogP contribution < -0.4 is 10.5 Å². The quantitative estimate of drug-likeness (QED) is 0.241. The molecule has 0 radical (unpaired) electrons. The van der Waals surface area contributed by atoms with Crippen LogP contribution in [-0.2, 0) is 21.6 Å². The number of anilines is 1. The molecule has 0 aliphatic carbocycles. The minimum atomic E-state index is -4.73. The van der Waals surface area contributed by atoms with Crippen LogP contribution in [0.3, 0.4) is 0 Å². The lowest BCUT2D eigenvalue weighted by atomic mass is 9.89. The number of likely N-dealkylation sites (N-methyl/N-ethyl adjacent to an activating group) is 1. The largest absolute Gasteiger partial charge is 0.467 e. The number of carbonyl (C=O) groups excluding carboxylic acids is 1. The van der Waals surface area contributed by atoms with Gasteiger partial charge in [-0.2, -0.15) is 22.0 Å². The van der Waals surface area contributed by atoms with Crippen molar-refractivity contribution >= 4 is 22.6 Å². The Balaban J connectivity index is 1.87. The third-order valence-electron chi connectivity index (χ3n) is 6.76. The van der Waals surface area contributed by atoms with E-state index in [0.29, 0.717) is 11.5 Å². The Morgan fingerprint density at radius 3 is 2.32 bits per heavy atom. The molecule has 0 saturated heterocycles. The van der Waals surface area contributed by atoms with Crippen LogP contribution in [0, 0.1) is 0 Å².